The average Bonchev–Trinajstić information content (AvgIpc) is 2.91. The lowest BCUT2D eigenvalue weighted by Crippen LogP contribution is -2.54. The lowest BCUT2D eigenvalue weighted by atomic mass is 9.73. The molecule has 1 aliphatic carbocycles. The molecule has 0 bridgehead atoms. The van der Waals surface area contributed by atoms with Gasteiger partial charge in [0.2, 0.25) is 0 Å². The standard InChI is InChI=1S/C20H24ClN3O5/c1-12-6-3-4-9-20(12)18(27)24(19(28)23-20)10-17(26)29-11-16(25)22-15-8-5-7-14(21)13(15)2/h5,7-8,12H,3-4,6,9-11H2,1-2H3,(H,22,25)(H,23,28)/t12-,20+/m0/s1. The third-order valence-corrected chi connectivity index (χ3v) is 6.10. The SMILES string of the molecule is Cc1c(Cl)cccc1NC(=O)COC(=O)CN1C(=O)N[C@@]2(CCCC[C@@H]2C)C1=O. The van der Waals surface area contributed by atoms with Crippen LogP contribution in [0.4, 0.5) is 10.5 Å². The molecule has 3 rings (SSSR count). The van der Waals surface area contributed by atoms with Crippen molar-refractivity contribution >= 4 is 41.1 Å². The molecule has 2 atom stereocenters. The molecule has 156 valence electrons. The number of nitrogens with zero attached hydrogens (tertiary/aromatic N) is 1. The fourth-order valence-corrected chi connectivity index (χ4v) is 4.06. The van der Waals surface area contributed by atoms with Crippen LogP contribution in [0.2, 0.25) is 5.02 Å². The lowest BCUT2D eigenvalue weighted by Gasteiger charge is -2.36. The van der Waals surface area contributed by atoms with Gasteiger partial charge in [-0.25, -0.2) is 4.79 Å². The molecule has 1 saturated heterocycles. The topological polar surface area (TPSA) is 105 Å². The highest BCUT2D eigenvalue weighted by Crippen LogP contribution is 2.38. The van der Waals surface area contributed by atoms with Crippen molar-refractivity contribution in [1.82, 2.24) is 10.2 Å². The van der Waals surface area contributed by atoms with E-state index in [1.54, 1.807) is 25.1 Å². The molecule has 9 heteroatoms. The predicted molar refractivity (Wildman–Crippen MR) is 106 cm³/mol. The molecule has 2 aliphatic rings. The summed E-state index contributed by atoms with van der Waals surface area (Å²) in [4.78, 5) is 50.2. The molecule has 0 aromatic heterocycles. The lowest BCUT2D eigenvalue weighted by molar-refractivity contribution is -0.150. The normalized spacial score (nSPS) is 23.8. The van der Waals surface area contributed by atoms with Crippen molar-refractivity contribution in [2.75, 3.05) is 18.5 Å². The van der Waals surface area contributed by atoms with Crippen molar-refractivity contribution in [2.24, 2.45) is 5.92 Å². The number of carbonyl (C=O) groups is 4. The summed E-state index contributed by atoms with van der Waals surface area (Å²) >= 11 is 6.01. The summed E-state index contributed by atoms with van der Waals surface area (Å²) in [6.45, 7) is 2.63. The number of hydrogen-bond donors (Lipinski definition) is 2. The molecule has 1 aromatic carbocycles. The first-order valence-corrected chi connectivity index (χ1v) is 9.97. The van der Waals surface area contributed by atoms with E-state index in [1.807, 2.05) is 6.92 Å². The highest BCUT2D eigenvalue weighted by Gasteiger charge is 2.55. The number of esters is 1. The van der Waals surface area contributed by atoms with Crippen LogP contribution >= 0.6 is 11.6 Å². The van der Waals surface area contributed by atoms with Gasteiger partial charge in [-0.05, 0) is 43.4 Å². The van der Waals surface area contributed by atoms with Crippen molar-refractivity contribution < 1.29 is 23.9 Å². The second-order valence-corrected chi connectivity index (χ2v) is 7.97. The third kappa shape index (κ3) is 4.22. The van der Waals surface area contributed by atoms with Gasteiger partial charge in [0, 0.05) is 10.7 Å². The van der Waals surface area contributed by atoms with E-state index in [-0.39, 0.29) is 5.92 Å². The summed E-state index contributed by atoms with van der Waals surface area (Å²) in [7, 11) is 0. The zero-order valence-corrected chi connectivity index (χ0v) is 17.2. The van der Waals surface area contributed by atoms with Crippen LogP contribution in [0.1, 0.15) is 38.2 Å². The smallest absolute Gasteiger partial charge is 0.326 e. The number of rotatable bonds is 5. The molecule has 29 heavy (non-hydrogen) atoms. The van der Waals surface area contributed by atoms with Crippen LogP contribution in [-0.2, 0) is 19.1 Å². The van der Waals surface area contributed by atoms with E-state index in [9.17, 15) is 19.2 Å². The van der Waals surface area contributed by atoms with Gasteiger partial charge >= 0.3 is 12.0 Å². The minimum absolute atomic E-state index is 0.000402. The van der Waals surface area contributed by atoms with Gasteiger partial charge in [-0.2, -0.15) is 0 Å². The minimum atomic E-state index is -0.933. The largest absolute Gasteiger partial charge is 0.454 e. The number of urea groups is 1. The Bertz CT molecular complexity index is 859. The van der Waals surface area contributed by atoms with E-state index >= 15 is 0 Å². The van der Waals surface area contributed by atoms with Gasteiger partial charge in [0.15, 0.2) is 6.61 Å². The van der Waals surface area contributed by atoms with E-state index in [0.29, 0.717) is 22.7 Å². The Balaban J connectivity index is 1.54. The highest BCUT2D eigenvalue weighted by molar-refractivity contribution is 6.31. The Kier molecular flexibility index (Phi) is 6.12. The fourth-order valence-electron chi connectivity index (χ4n) is 3.89. The molecule has 0 radical (unpaired) electrons. The van der Waals surface area contributed by atoms with Crippen LogP contribution in [0, 0.1) is 12.8 Å². The van der Waals surface area contributed by atoms with Crippen LogP contribution < -0.4 is 10.6 Å². The van der Waals surface area contributed by atoms with Crippen molar-refractivity contribution in [3.05, 3.63) is 28.8 Å². The Hall–Kier alpha value is -2.61. The maximum atomic E-state index is 12.8. The van der Waals surface area contributed by atoms with Crippen LogP contribution in [0.25, 0.3) is 0 Å². The fraction of sp³-hybridized carbons (Fsp3) is 0.500. The Labute approximate surface area is 173 Å². The van der Waals surface area contributed by atoms with E-state index < -0.39 is 42.5 Å². The monoisotopic (exact) mass is 421 g/mol. The van der Waals surface area contributed by atoms with Crippen molar-refractivity contribution in [3.63, 3.8) is 0 Å². The van der Waals surface area contributed by atoms with Crippen LogP contribution in [0.15, 0.2) is 18.2 Å². The van der Waals surface area contributed by atoms with Crippen molar-refractivity contribution in [1.29, 1.82) is 0 Å². The number of nitrogens with one attached hydrogen (secondary N) is 2. The number of hydrogen-bond acceptors (Lipinski definition) is 5. The zero-order valence-electron chi connectivity index (χ0n) is 16.4. The zero-order chi connectivity index (χ0) is 21.2. The summed E-state index contributed by atoms with van der Waals surface area (Å²) in [6, 6.07) is 4.47. The van der Waals surface area contributed by atoms with Gasteiger partial charge in [0.1, 0.15) is 12.1 Å². The van der Waals surface area contributed by atoms with Crippen LogP contribution in [0.3, 0.4) is 0 Å². The highest BCUT2D eigenvalue weighted by atomic mass is 35.5. The first-order valence-electron chi connectivity index (χ1n) is 9.59. The van der Waals surface area contributed by atoms with E-state index in [1.165, 1.54) is 0 Å². The molecule has 1 spiro atoms. The average molecular weight is 422 g/mol. The van der Waals surface area contributed by atoms with E-state index in [2.05, 4.69) is 10.6 Å². The Morgan fingerprint density at radius 2 is 2.10 bits per heavy atom. The molecular weight excluding hydrogens is 398 g/mol. The minimum Gasteiger partial charge on any atom is -0.454 e. The van der Waals surface area contributed by atoms with Crippen LogP contribution in [0.5, 0.6) is 0 Å². The number of anilines is 1. The number of benzene rings is 1. The molecule has 1 saturated carbocycles. The number of carbonyl (C=O) groups excluding carboxylic acids is 4. The second-order valence-electron chi connectivity index (χ2n) is 7.56. The first kappa shape index (κ1) is 21.1. The van der Waals surface area contributed by atoms with Gasteiger partial charge in [-0.3, -0.25) is 19.3 Å². The molecule has 0 unspecified atom stereocenters. The number of amides is 4. The summed E-state index contributed by atoms with van der Waals surface area (Å²) in [5.41, 5.74) is 0.276. The molecule has 1 heterocycles. The van der Waals surface area contributed by atoms with Crippen molar-refractivity contribution in [3.8, 4) is 0 Å². The molecule has 2 fully saturated rings. The van der Waals surface area contributed by atoms with E-state index in [0.717, 1.165) is 24.2 Å². The summed E-state index contributed by atoms with van der Waals surface area (Å²) in [5, 5.41) is 5.88. The van der Waals surface area contributed by atoms with Crippen LogP contribution in [-0.4, -0.2) is 47.4 Å². The molecule has 1 aromatic rings. The number of ether oxygens (including phenoxy) is 1. The van der Waals surface area contributed by atoms with Gasteiger partial charge < -0.3 is 15.4 Å². The molecular formula is C20H24ClN3O5. The van der Waals surface area contributed by atoms with Gasteiger partial charge in [-0.1, -0.05) is 37.4 Å². The summed E-state index contributed by atoms with van der Waals surface area (Å²) in [5.74, 6) is -1.77. The predicted octanol–water partition coefficient (Wildman–Crippen LogP) is 2.63. The maximum absolute atomic E-state index is 12.8. The Morgan fingerprint density at radius 3 is 2.83 bits per heavy atom. The summed E-state index contributed by atoms with van der Waals surface area (Å²) in [6.07, 6.45) is 3.26. The van der Waals surface area contributed by atoms with Gasteiger partial charge in [0.05, 0.1) is 0 Å². The number of halogens is 1. The molecule has 4 amide bonds. The van der Waals surface area contributed by atoms with Crippen molar-refractivity contribution in [2.45, 2.75) is 45.1 Å². The molecule has 1 aliphatic heterocycles. The quantitative estimate of drug-likeness (QED) is 0.561. The molecule has 2 N–H and O–H groups in total. The third-order valence-electron chi connectivity index (χ3n) is 5.69. The first-order chi connectivity index (χ1) is 13.7. The van der Waals surface area contributed by atoms with Gasteiger partial charge in [0.25, 0.3) is 11.8 Å². The van der Waals surface area contributed by atoms with Gasteiger partial charge in [-0.15, -0.1) is 0 Å². The summed E-state index contributed by atoms with van der Waals surface area (Å²) < 4.78 is 4.95. The second kappa shape index (κ2) is 8.41. The molecule has 8 nitrogen and oxygen atoms in total. The maximum Gasteiger partial charge on any atom is 0.326 e. The van der Waals surface area contributed by atoms with E-state index in [4.69, 9.17) is 16.3 Å². The Morgan fingerprint density at radius 1 is 1.34 bits per heavy atom. The number of imide groups is 1.